The molecule has 8 heteroatoms. The van der Waals surface area contributed by atoms with Crippen LogP contribution >= 0.6 is 23.2 Å². The third-order valence-corrected chi connectivity index (χ3v) is 5.85. The van der Waals surface area contributed by atoms with Crippen molar-refractivity contribution >= 4 is 29.2 Å². The maximum Gasteiger partial charge on any atom is 0.191 e. The van der Waals surface area contributed by atoms with Gasteiger partial charge in [-0.05, 0) is 51.1 Å². The molecule has 148 valence electrons. The van der Waals surface area contributed by atoms with E-state index < -0.39 is 0 Å². The highest BCUT2D eigenvalue weighted by molar-refractivity contribution is 6.41. The van der Waals surface area contributed by atoms with Crippen LogP contribution in [0.5, 0.6) is 0 Å². The van der Waals surface area contributed by atoms with E-state index in [2.05, 4.69) is 26.6 Å². The Morgan fingerprint density at radius 1 is 1.26 bits per heavy atom. The predicted octanol–water partition coefficient (Wildman–Crippen LogP) is 3.74. The van der Waals surface area contributed by atoms with E-state index in [1.54, 1.807) is 7.05 Å². The van der Waals surface area contributed by atoms with Gasteiger partial charge in [-0.25, -0.2) is 0 Å². The van der Waals surface area contributed by atoms with E-state index in [1.807, 2.05) is 30.7 Å². The average molecular weight is 412 g/mol. The molecule has 1 unspecified atom stereocenters. The van der Waals surface area contributed by atoms with Crippen molar-refractivity contribution in [3.05, 3.63) is 45.6 Å². The number of aryl methyl sites for hydroxylation is 1. The summed E-state index contributed by atoms with van der Waals surface area (Å²) in [5, 5.41) is 7.85. The molecule has 1 atom stereocenters. The zero-order valence-corrected chi connectivity index (χ0v) is 17.6. The molecular weight excluding hydrogens is 385 g/mol. The van der Waals surface area contributed by atoms with Gasteiger partial charge in [-0.1, -0.05) is 23.2 Å². The van der Waals surface area contributed by atoms with Gasteiger partial charge in [0, 0.05) is 26.3 Å². The second-order valence-electron chi connectivity index (χ2n) is 6.85. The molecule has 0 spiro atoms. The summed E-state index contributed by atoms with van der Waals surface area (Å²) in [7, 11) is 3.66. The maximum atomic E-state index is 6.13. The normalized spacial score (nSPS) is 16.7. The second kappa shape index (κ2) is 9.04. The molecule has 27 heavy (non-hydrogen) atoms. The molecule has 2 aromatic rings. The Morgan fingerprint density at radius 3 is 2.56 bits per heavy atom. The molecule has 0 radical (unpaired) electrons. The number of guanidine groups is 1. The van der Waals surface area contributed by atoms with E-state index in [0.29, 0.717) is 16.7 Å². The Morgan fingerprint density at radius 2 is 2.00 bits per heavy atom. The summed E-state index contributed by atoms with van der Waals surface area (Å²) >= 11 is 12.2. The zero-order chi connectivity index (χ0) is 19.4. The number of aliphatic imine (C=N–C) groups is 1. The number of furan rings is 1. The van der Waals surface area contributed by atoms with Crippen molar-refractivity contribution in [2.24, 2.45) is 12.0 Å². The largest absolute Gasteiger partial charge is 0.465 e. The first-order valence-electron chi connectivity index (χ1n) is 9.24. The number of halogens is 2. The number of nitrogens with one attached hydrogen (secondary N) is 2. The molecule has 0 saturated carbocycles. The maximum absolute atomic E-state index is 6.13. The zero-order valence-electron chi connectivity index (χ0n) is 16.1. The molecule has 6 nitrogen and oxygen atoms in total. The van der Waals surface area contributed by atoms with Crippen molar-refractivity contribution in [1.82, 2.24) is 20.1 Å². The van der Waals surface area contributed by atoms with Gasteiger partial charge in [0.05, 0.1) is 17.6 Å². The highest BCUT2D eigenvalue weighted by Gasteiger charge is 2.26. The Balaban J connectivity index is 1.61. The summed E-state index contributed by atoms with van der Waals surface area (Å²) in [6, 6.07) is 6.15. The molecule has 1 aliphatic rings. The molecule has 0 amide bonds. The topological polar surface area (TPSA) is 57.7 Å². The Hall–Kier alpha value is -1.63. The lowest BCUT2D eigenvalue weighted by Gasteiger charge is -2.26. The minimum atomic E-state index is 0.193. The number of likely N-dealkylation sites (tertiary alicyclic amines) is 1. The standard InChI is InChI=1S/C19H27Cl2N5O/c1-13-6-7-17(27-13)16(26-8-4-5-9-26)12-24-19(22-2)23-11-14-10-15(20)18(21)25(14)3/h6-7,10,16H,4-5,8-9,11-12H2,1-3H3,(H2,22,23,24). The summed E-state index contributed by atoms with van der Waals surface area (Å²) in [6.45, 7) is 5.48. The van der Waals surface area contributed by atoms with Gasteiger partial charge in [0.1, 0.15) is 16.7 Å². The minimum absolute atomic E-state index is 0.193. The van der Waals surface area contributed by atoms with Gasteiger partial charge in [0.2, 0.25) is 0 Å². The van der Waals surface area contributed by atoms with Crippen LogP contribution in [0, 0.1) is 6.92 Å². The van der Waals surface area contributed by atoms with Gasteiger partial charge in [-0.15, -0.1) is 0 Å². The highest BCUT2D eigenvalue weighted by Crippen LogP contribution is 2.26. The van der Waals surface area contributed by atoms with E-state index in [1.165, 1.54) is 12.8 Å². The quantitative estimate of drug-likeness (QED) is 0.561. The first-order valence-corrected chi connectivity index (χ1v) is 9.99. The summed E-state index contributed by atoms with van der Waals surface area (Å²) in [5.74, 6) is 2.67. The minimum Gasteiger partial charge on any atom is -0.465 e. The Bertz CT molecular complexity index is 792. The smallest absolute Gasteiger partial charge is 0.191 e. The number of hydrogen-bond donors (Lipinski definition) is 2. The van der Waals surface area contributed by atoms with Crippen LogP contribution in [0.1, 0.15) is 36.1 Å². The lowest BCUT2D eigenvalue weighted by molar-refractivity contribution is 0.213. The third kappa shape index (κ3) is 4.81. The number of rotatable bonds is 6. The Kier molecular flexibility index (Phi) is 6.73. The lowest BCUT2D eigenvalue weighted by atomic mass is 10.2. The first-order chi connectivity index (χ1) is 13.0. The number of nitrogens with zero attached hydrogens (tertiary/aromatic N) is 3. The van der Waals surface area contributed by atoms with E-state index in [0.717, 1.165) is 42.8 Å². The van der Waals surface area contributed by atoms with Crippen molar-refractivity contribution in [2.75, 3.05) is 26.7 Å². The van der Waals surface area contributed by atoms with Crippen LogP contribution in [-0.2, 0) is 13.6 Å². The second-order valence-corrected chi connectivity index (χ2v) is 7.61. The molecule has 1 aliphatic heterocycles. The highest BCUT2D eigenvalue weighted by atomic mass is 35.5. The summed E-state index contributed by atoms with van der Waals surface area (Å²) < 4.78 is 7.77. The van der Waals surface area contributed by atoms with Crippen LogP contribution in [0.15, 0.2) is 27.6 Å². The van der Waals surface area contributed by atoms with E-state index in [9.17, 15) is 0 Å². The van der Waals surface area contributed by atoms with Crippen LogP contribution in [0.4, 0.5) is 0 Å². The van der Waals surface area contributed by atoms with Gasteiger partial charge >= 0.3 is 0 Å². The summed E-state index contributed by atoms with van der Waals surface area (Å²) in [6.07, 6.45) is 2.47. The van der Waals surface area contributed by atoms with Gasteiger partial charge in [-0.3, -0.25) is 9.89 Å². The molecule has 3 heterocycles. The van der Waals surface area contributed by atoms with Crippen LogP contribution in [0.2, 0.25) is 10.2 Å². The fraction of sp³-hybridized carbons (Fsp3) is 0.526. The SMILES string of the molecule is CN=C(NCc1cc(Cl)c(Cl)n1C)NCC(c1ccc(C)o1)N1CCCC1. The van der Waals surface area contributed by atoms with Crippen molar-refractivity contribution in [3.63, 3.8) is 0 Å². The molecule has 1 fully saturated rings. The average Bonchev–Trinajstić information content (AvgIpc) is 3.38. The lowest BCUT2D eigenvalue weighted by Crippen LogP contribution is -2.42. The van der Waals surface area contributed by atoms with Crippen molar-refractivity contribution in [3.8, 4) is 0 Å². The fourth-order valence-electron chi connectivity index (χ4n) is 3.44. The molecule has 2 N–H and O–H groups in total. The molecule has 1 saturated heterocycles. The summed E-state index contributed by atoms with van der Waals surface area (Å²) in [5.41, 5.74) is 0.991. The fourth-order valence-corrected chi connectivity index (χ4v) is 3.86. The molecule has 0 bridgehead atoms. The van der Waals surface area contributed by atoms with E-state index >= 15 is 0 Å². The Labute approximate surface area is 170 Å². The van der Waals surface area contributed by atoms with Crippen LogP contribution in [0.3, 0.4) is 0 Å². The number of aromatic nitrogens is 1. The molecule has 0 aliphatic carbocycles. The molecular formula is C19H27Cl2N5O. The van der Waals surface area contributed by atoms with E-state index in [4.69, 9.17) is 27.6 Å². The van der Waals surface area contributed by atoms with Gasteiger partial charge in [0.25, 0.3) is 0 Å². The monoisotopic (exact) mass is 411 g/mol. The first kappa shape index (κ1) is 20.1. The predicted molar refractivity (Wildman–Crippen MR) is 111 cm³/mol. The summed E-state index contributed by atoms with van der Waals surface area (Å²) in [4.78, 5) is 6.80. The van der Waals surface area contributed by atoms with Gasteiger partial charge in [-0.2, -0.15) is 0 Å². The van der Waals surface area contributed by atoms with Crippen molar-refractivity contribution < 1.29 is 4.42 Å². The molecule has 3 rings (SSSR count). The van der Waals surface area contributed by atoms with Crippen LogP contribution < -0.4 is 10.6 Å². The van der Waals surface area contributed by atoms with Gasteiger partial charge < -0.3 is 19.6 Å². The van der Waals surface area contributed by atoms with E-state index in [-0.39, 0.29) is 6.04 Å². The van der Waals surface area contributed by atoms with Crippen molar-refractivity contribution in [2.45, 2.75) is 32.4 Å². The van der Waals surface area contributed by atoms with Crippen molar-refractivity contribution in [1.29, 1.82) is 0 Å². The van der Waals surface area contributed by atoms with Crippen LogP contribution in [0.25, 0.3) is 0 Å². The third-order valence-electron chi connectivity index (χ3n) is 5.01. The van der Waals surface area contributed by atoms with Crippen LogP contribution in [-0.4, -0.2) is 42.1 Å². The molecule has 2 aromatic heterocycles. The number of hydrogen-bond acceptors (Lipinski definition) is 3. The van der Waals surface area contributed by atoms with Gasteiger partial charge in [0.15, 0.2) is 5.96 Å². The molecule has 0 aromatic carbocycles.